The third-order valence-electron chi connectivity index (χ3n) is 5.45. The summed E-state index contributed by atoms with van der Waals surface area (Å²) in [4.78, 5) is 16.3. The average molecular weight is 419 g/mol. The number of nitrogens with one attached hydrogen (secondary N) is 2. The van der Waals surface area contributed by atoms with E-state index in [9.17, 15) is 4.79 Å². The number of aliphatic imine (C=N–C) groups is 1. The van der Waals surface area contributed by atoms with Crippen LogP contribution in [0.25, 0.3) is 0 Å². The first-order valence-electron chi connectivity index (χ1n) is 10.4. The van der Waals surface area contributed by atoms with Gasteiger partial charge in [-0.2, -0.15) is 0 Å². The van der Waals surface area contributed by atoms with Crippen LogP contribution in [0.3, 0.4) is 0 Å². The van der Waals surface area contributed by atoms with Crippen molar-refractivity contribution in [3.8, 4) is 0 Å². The van der Waals surface area contributed by atoms with Gasteiger partial charge in [0.05, 0.1) is 23.0 Å². The zero-order chi connectivity index (χ0) is 23.1. The Bertz CT molecular complexity index is 1010. The lowest BCUT2D eigenvalue weighted by Crippen LogP contribution is -2.35. The molecule has 1 aromatic carbocycles. The molecule has 164 valence electrons. The fourth-order valence-electron chi connectivity index (χ4n) is 3.21. The molecule has 1 unspecified atom stereocenters. The summed E-state index contributed by atoms with van der Waals surface area (Å²) in [7, 11) is 0. The van der Waals surface area contributed by atoms with E-state index >= 15 is 0 Å². The summed E-state index contributed by atoms with van der Waals surface area (Å²) in [5.74, 6) is 0.208. The van der Waals surface area contributed by atoms with Crippen LogP contribution >= 0.6 is 0 Å². The Morgan fingerprint density at radius 1 is 1.19 bits per heavy atom. The molecule has 1 aliphatic carbocycles. The van der Waals surface area contributed by atoms with Gasteiger partial charge in [-0.1, -0.05) is 43.0 Å². The number of nitrogens with zero attached hydrogens (tertiary/aromatic N) is 1. The van der Waals surface area contributed by atoms with Gasteiger partial charge in [-0.15, -0.1) is 0 Å². The van der Waals surface area contributed by atoms with E-state index in [4.69, 9.17) is 5.73 Å². The van der Waals surface area contributed by atoms with Crippen LogP contribution in [0, 0.1) is 5.92 Å². The number of carbonyl (C=O) groups is 1. The van der Waals surface area contributed by atoms with Crippen LogP contribution < -0.4 is 16.4 Å². The molecule has 1 aliphatic rings. The summed E-state index contributed by atoms with van der Waals surface area (Å²) in [6, 6.07) is 8.33. The van der Waals surface area contributed by atoms with E-state index < -0.39 is 0 Å². The van der Waals surface area contributed by atoms with Crippen LogP contribution in [0.4, 0.5) is 0 Å². The molecule has 0 saturated carbocycles. The van der Waals surface area contributed by atoms with Gasteiger partial charge in [0, 0.05) is 30.6 Å². The zero-order valence-corrected chi connectivity index (χ0v) is 19.3. The highest BCUT2D eigenvalue weighted by atomic mass is 16.1. The highest BCUT2D eigenvalue weighted by Gasteiger charge is 2.32. The molecule has 0 spiro atoms. The summed E-state index contributed by atoms with van der Waals surface area (Å²) < 4.78 is 0. The number of hydrogen-bond acceptors (Lipinski definition) is 5. The van der Waals surface area contributed by atoms with Crippen molar-refractivity contribution in [1.82, 2.24) is 10.6 Å². The van der Waals surface area contributed by atoms with Crippen molar-refractivity contribution >= 4 is 11.5 Å². The molecule has 1 aromatic rings. The van der Waals surface area contributed by atoms with E-state index in [1.807, 2.05) is 46.8 Å². The number of carbonyl (C=O) groups excluding carboxylic acids is 1. The average Bonchev–Trinajstić information content (AvgIpc) is 2.76. The topological polar surface area (TPSA) is 79.5 Å². The van der Waals surface area contributed by atoms with Gasteiger partial charge < -0.3 is 16.4 Å². The molecular weight excluding hydrogens is 384 g/mol. The van der Waals surface area contributed by atoms with Crippen molar-refractivity contribution in [2.45, 2.75) is 47.7 Å². The van der Waals surface area contributed by atoms with Crippen LogP contribution in [0.15, 0.2) is 88.5 Å². The predicted molar refractivity (Wildman–Crippen MR) is 130 cm³/mol. The minimum Gasteiger partial charge on any atom is -0.403 e. The molecule has 0 bridgehead atoms. The second-order valence-electron chi connectivity index (χ2n) is 8.04. The molecule has 31 heavy (non-hydrogen) atoms. The maximum Gasteiger partial charge on any atom is 0.168 e. The molecule has 0 saturated heterocycles. The van der Waals surface area contributed by atoms with Gasteiger partial charge in [0.2, 0.25) is 0 Å². The quantitative estimate of drug-likeness (QED) is 0.381. The lowest BCUT2D eigenvalue weighted by molar-refractivity contribution is -0.120. The van der Waals surface area contributed by atoms with E-state index in [0.717, 1.165) is 39.3 Å². The Balaban J connectivity index is 2.05. The van der Waals surface area contributed by atoms with Crippen LogP contribution in [0.5, 0.6) is 0 Å². The lowest BCUT2D eigenvalue weighted by atomic mass is 9.83. The monoisotopic (exact) mass is 418 g/mol. The number of nitrogens with two attached hydrogens (primary N) is 1. The highest BCUT2D eigenvalue weighted by molar-refractivity contribution is 6.08. The second kappa shape index (κ2) is 10.6. The van der Waals surface area contributed by atoms with E-state index in [2.05, 4.69) is 47.0 Å². The van der Waals surface area contributed by atoms with Gasteiger partial charge in [0.15, 0.2) is 5.78 Å². The van der Waals surface area contributed by atoms with E-state index in [1.54, 1.807) is 0 Å². The molecule has 0 radical (unpaired) electrons. The van der Waals surface area contributed by atoms with Crippen molar-refractivity contribution in [3.05, 3.63) is 94.6 Å². The van der Waals surface area contributed by atoms with E-state index in [-0.39, 0.29) is 11.7 Å². The fraction of sp³-hybridized carbons (Fsp3) is 0.308. The van der Waals surface area contributed by atoms with Crippen LogP contribution in [0.1, 0.15) is 45.7 Å². The summed E-state index contributed by atoms with van der Waals surface area (Å²) in [5.41, 5.74) is 13.9. The van der Waals surface area contributed by atoms with Gasteiger partial charge in [-0.25, -0.2) is 0 Å². The van der Waals surface area contributed by atoms with Crippen molar-refractivity contribution in [3.63, 3.8) is 0 Å². The third kappa shape index (κ3) is 6.32. The predicted octanol–water partition coefficient (Wildman–Crippen LogP) is 4.66. The maximum absolute atomic E-state index is 11.7. The molecule has 5 nitrogen and oxygen atoms in total. The van der Waals surface area contributed by atoms with Crippen molar-refractivity contribution < 1.29 is 4.79 Å². The molecule has 4 N–H and O–H groups in total. The van der Waals surface area contributed by atoms with Crippen LogP contribution in [-0.4, -0.2) is 11.5 Å². The van der Waals surface area contributed by atoms with E-state index in [0.29, 0.717) is 24.5 Å². The van der Waals surface area contributed by atoms with Crippen LogP contribution in [0.2, 0.25) is 0 Å². The first-order valence-corrected chi connectivity index (χ1v) is 10.4. The Hall–Kier alpha value is -3.34. The lowest BCUT2D eigenvalue weighted by Gasteiger charge is -2.28. The molecule has 5 heteroatoms. The SMILES string of the molecule is C=C(C)/C(C)=C/C(=N\C(C)=C\N)C(=C)NCc1cccc(CNC2=C(C)C(=O)C2C)c1. The number of benzene rings is 1. The zero-order valence-electron chi connectivity index (χ0n) is 19.3. The highest BCUT2D eigenvalue weighted by Crippen LogP contribution is 2.28. The van der Waals surface area contributed by atoms with Gasteiger partial charge in [-0.05, 0) is 57.4 Å². The molecule has 0 fully saturated rings. The summed E-state index contributed by atoms with van der Waals surface area (Å²) in [6.45, 7) is 19.1. The second-order valence-corrected chi connectivity index (χ2v) is 8.04. The number of allylic oxidation sites excluding steroid dienone is 6. The van der Waals surface area contributed by atoms with Gasteiger partial charge in [0.25, 0.3) is 0 Å². The number of Topliss-reactive ketones (excluding diaryl/α,β-unsaturated/α-hetero) is 1. The minimum absolute atomic E-state index is 0.0207. The Kier molecular flexibility index (Phi) is 8.20. The molecule has 0 heterocycles. The van der Waals surface area contributed by atoms with Gasteiger partial charge in [0.1, 0.15) is 0 Å². The molecule has 2 rings (SSSR count). The minimum atomic E-state index is -0.0207. The summed E-state index contributed by atoms with van der Waals surface area (Å²) >= 11 is 0. The van der Waals surface area contributed by atoms with Crippen LogP contribution in [-0.2, 0) is 17.9 Å². The molecular formula is C26H34N4O. The third-order valence-corrected chi connectivity index (χ3v) is 5.45. The first kappa shape index (κ1) is 23.9. The fourth-order valence-corrected chi connectivity index (χ4v) is 3.21. The normalized spacial score (nSPS) is 17.4. The van der Waals surface area contributed by atoms with Crippen molar-refractivity contribution in [1.29, 1.82) is 0 Å². The number of rotatable bonds is 10. The summed E-state index contributed by atoms with van der Waals surface area (Å²) in [5, 5.41) is 6.77. The number of ketones is 1. The first-order chi connectivity index (χ1) is 14.6. The summed E-state index contributed by atoms with van der Waals surface area (Å²) in [6.07, 6.45) is 3.43. The maximum atomic E-state index is 11.7. The molecule has 0 aliphatic heterocycles. The van der Waals surface area contributed by atoms with E-state index in [1.165, 1.54) is 6.20 Å². The standard InChI is InChI=1S/C26H34N4O/c1-16(2)17(3)11-24(30-18(4)13-27)21(7)28-14-22-9-8-10-23(12-22)15-29-25-19(5)26(31)20(25)6/h8-13,19,28-29H,1,7,14-15,27H2,2-6H3/b17-11+,18-13+,30-24+. The Morgan fingerprint density at radius 3 is 2.42 bits per heavy atom. The smallest absolute Gasteiger partial charge is 0.168 e. The Morgan fingerprint density at radius 2 is 1.84 bits per heavy atom. The van der Waals surface area contributed by atoms with Crippen molar-refractivity contribution in [2.75, 3.05) is 0 Å². The molecule has 0 amide bonds. The van der Waals surface area contributed by atoms with Gasteiger partial charge in [-0.3, -0.25) is 9.79 Å². The molecule has 1 atom stereocenters. The molecule has 0 aromatic heterocycles. The van der Waals surface area contributed by atoms with Crippen molar-refractivity contribution in [2.24, 2.45) is 16.6 Å². The largest absolute Gasteiger partial charge is 0.403 e. The number of hydrogen-bond donors (Lipinski definition) is 3. The Labute approximate surface area is 186 Å². The van der Waals surface area contributed by atoms with Gasteiger partial charge >= 0.3 is 0 Å².